The monoisotopic (exact) mass is 411 g/mol. The molecule has 0 N–H and O–H groups in total. The van der Waals surface area contributed by atoms with Gasteiger partial charge in [0.1, 0.15) is 11.6 Å². The number of rotatable bonds is 1. The Kier molecular flexibility index (Phi) is 4.34. The van der Waals surface area contributed by atoms with E-state index >= 15 is 0 Å². The molecule has 0 saturated heterocycles. The minimum absolute atomic E-state index is 0.0520. The smallest absolute Gasteiger partial charge is 0.416 e. The summed E-state index contributed by atoms with van der Waals surface area (Å²) in [5.74, 6) is -3.48. The number of nitriles is 1. The SMILES string of the molecule is C[C@H]1c2c(C(F)(F)F)ccc([C@H]3CCCc4cc(F)cc(C#N)c43)c2OC1(F)F. The molecule has 152 valence electrons. The van der Waals surface area contributed by atoms with Crippen molar-refractivity contribution in [2.45, 2.75) is 50.3 Å². The highest BCUT2D eigenvalue weighted by molar-refractivity contribution is 5.59. The molecule has 0 fully saturated rings. The molecule has 8 heteroatoms. The van der Waals surface area contributed by atoms with Crippen molar-refractivity contribution in [2.75, 3.05) is 0 Å². The molecule has 1 aliphatic heterocycles. The Hall–Kier alpha value is -2.69. The highest BCUT2D eigenvalue weighted by Crippen LogP contribution is 2.55. The maximum Gasteiger partial charge on any atom is 0.416 e. The summed E-state index contributed by atoms with van der Waals surface area (Å²) in [5, 5.41) is 9.44. The lowest BCUT2D eigenvalue weighted by Gasteiger charge is -2.28. The van der Waals surface area contributed by atoms with Crippen LogP contribution in [0.25, 0.3) is 0 Å². The van der Waals surface area contributed by atoms with Gasteiger partial charge < -0.3 is 4.74 Å². The van der Waals surface area contributed by atoms with Gasteiger partial charge >= 0.3 is 12.3 Å². The number of ether oxygens (including phenoxy) is 1. The summed E-state index contributed by atoms with van der Waals surface area (Å²) in [7, 11) is 0. The first-order valence-electron chi connectivity index (χ1n) is 9.07. The second-order valence-corrected chi connectivity index (χ2v) is 7.41. The van der Waals surface area contributed by atoms with Gasteiger partial charge in [-0.05, 0) is 55.5 Å². The topological polar surface area (TPSA) is 33.0 Å². The molecular weight excluding hydrogens is 396 g/mol. The third-order valence-corrected chi connectivity index (χ3v) is 5.72. The Morgan fingerprint density at radius 2 is 1.90 bits per heavy atom. The maximum absolute atomic E-state index is 14.2. The van der Waals surface area contributed by atoms with Crippen molar-refractivity contribution in [2.24, 2.45) is 0 Å². The second-order valence-electron chi connectivity index (χ2n) is 7.41. The average molecular weight is 411 g/mol. The molecule has 29 heavy (non-hydrogen) atoms. The van der Waals surface area contributed by atoms with Gasteiger partial charge in [-0.2, -0.15) is 27.2 Å². The molecule has 4 rings (SSSR count). The van der Waals surface area contributed by atoms with Crippen molar-refractivity contribution in [3.63, 3.8) is 0 Å². The molecule has 2 aromatic carbocycles. The van der Waals surface area contributed by atoms with Crippen molar-refractivity contribution in [1.82, 2.24) is 0 Å². The lowest BCUT2D eigenvalue weighted by molar-refractivity contribution is -0.175. The van der Waals surface area contributed by atoms with E-state index in [0.717, 1.165) is 25.1 Å². The number of aryl methyl sites for hydroxylation is 1. The first kappa shape index (κ1) is 19.6. The molecule has 0 saturated carbocycles. The molecule has 0 radical (unpaired) electrons. The zero-order chi connectivity index (χ0) is 21.1. The number of hydrogen-bond donors (Lipinski definition) is 0. The normalized spacial score (nSPS) is 22.4. The van der Waals surface area contributed by atoms with Crippen LogP contribution in [-0.2, 0) is 12.6 Å². The maximum atomic E-state index is 14.2. The molecule has 2 nitrogen and oxygen atoms in total. The Morgan fingerprint density at radius 3 is 2.55 bits per heavy atom. The minimum atomic E-state index is -4.81. The first-order valence-corrected chi connectivity index (χ1v) is 9.07. The first-order chi connectivity index (χ1) is 13.5. The molecule has 0 aromatic heterocycles. The lowest BCUT2D eigenvalue weighted by atomic mass is 9.75. The van der Waals surface area contributed by atoms with E-state index in [4.69, 9.17) is 4.74 Å². The van der Waals surface area contributed by atoms with Gasteiger partial charge in [-0.3, -0.25) is 0 Å². The zero-order valence-corrected chi connectivity index (χ0v) is 15.2. The number of nitrogens with zero attached hydrogens (tertiary/aromatic N) is 1. The highest BCUT2D eigenvalue weighted by Gasteiger charge is 2.53. The largest absolute Gasteiger partial charge is 0.431 e. The van der Waals surface area contributed by atoms with Gasteiger partial charge in [0.25, 0.3) is 0 Å². The standard InChI is InChI=1S/C21H15F6NO/c1-10-17-16(20(23,24)25)6-5-15(19(17)29-21(10,26)27)14-4-2-3-11-7-13(22)8-12(9-28)18(11)14/h5-8,10,14H,2-4H2,1H3/t10-,14+/m0/s1. The predicted octanol–water partition coefficient (Wildman–Crippen LogP) is 6.27. The summed E-state index contributed by atoms with van der Waals surface area (Å²) in [5.41, 5.74) is -0.487. The van der Waals surface area contributed by atoms with Crippen LogP contribution in [0.5, 0.6) is 5.75 Å². The van der Waals surface area contributed by atoms with E-state index in [1.807, 2.05) is 6.07 Å². The summed E-state index contributed by atoms with van der Waals surface area (Å²) in [4.78, 5) is 0. The van der Waals surface area contributed by atoms with Crippen LogP contribution in [0, 0.1) is 17.1 Å². The molecule has 2 aromatic rings. The Labute approximate surface area is 162 Å². The fraction of sp³-hybridized carbons (Fsp3) is 0.381. The molecule has 2 atom stereocenters. The molecule has 0 unspecified atom stereocenters. The van der Waals surface area contributed by atoms with Gasteiger partial charge in [-0.25, -0.2) is 4.39 Å². The molecule has 2 aliphatic rings. The van der Waals surface area contributed by atoms with Gasteiger partial charge in [-0.1, -0.05) is 6.07 Å². The number of alkyl halides is 5. The summed E-state index contributed by atoms with van der Waals surface area (Å²) in [6.45, 7) is 0.996. The highest BCUT2D eigenvalue weighted by atomic mass is 19.4. The Bertz CT molecular complexity index is 1040. The summed E-state index contributed by atoms with van der Waals surface area (Å²) < 4.78 is 87.5. The summed E-state index contributed by atoms with van der Waals surface area (Å²) in [6.07, 6.45) is -7.10. The summed E-state index contributed by atoms with van der Waals surface area (Å²) in [6, 6.07) is 6.18. The third kappa shape index (κ3) is 3.04. The molecule has 1 aliphatic carbocycles. The van der Waals surface area contributed by atoms with E-state index in [-0.39, 0.29) is 11.1 Å². The van der Waals surface area contributed by atoms with Gasteiger partial charge in [-0.15, -0.1) is 0 Å². The Morgan fingerprint density at radius 1 is 1.17 bits per heavy atom. The van der Waals surface area contributed by atoms with E-state index in [9.17, 15) is 31.6 Å². The van der Waals surface area contributed by atoms with Crippen LogP contribution in [0.15, 0.2) is 24.3 Å². The second kappa shape index (κ2) is 6.41. The zero-order valence-electron chi connectivity index (χ0n) is 15.2. The average Bonchev–Trinajstić information content (AvgIpc) is 2.88. The fourth-order valence-electron chi connectivity index (χ4n) is 4.41. The van der Waals surface area contributed by atoms with E-state index in [1.54, 1.807) is 0 Å². The van der Waals surface area contributed by atoms with Crippen LogP contribution in [0.4, 0.5) is 26.3 Å². The van der Waals surface area contributed by atoms with Crippen molar-refractivity contribution < 1.29 is 31.1 Å². The predicted molar refractivity (Wildman–Crippen MR) is 91.3 cm³/mol. The number of benzene rings is 2. The molecule has 1 heterocycles. The van der Waals surface area contributed by atoms with Crippen LogP contribution in [-0.4, -0.2) is 6.11 Å². The van der Waals surface area contributed by atoms with Gasteiger partial charge in [0.15, 0.2) is 0 Å². The molecular formula is C21H15F6NO. The number of halogens is 6. The quantitative estimate of drug-likeness (QED) is 0.518. The molecule has 0 amide bonds. The van der Waals surface area contributed by atoms with Crippen LogP contribution in [0.2, 0.25) is 0 Å². The van der Waals surface area contributed by atoms with Gasteiger partial charge in [0, 0.05) is 17.0 Å². The van der Waals surface area contributed by atoms with Crippen LogP contribution in [0.3, 0.4) is 0 Å². The van der Waals surface area contributed by atoms with E-state index < -0.39 is 46.8 Å². The van der Waals surface area contributed by atoms with Gasteiger partial charge in [0.2, 0.25) is 0 Å². The van der Waals surface area contributed by atoms with Crippen molar-refractivity contribution in [3.8, 4) is 11.8 Å². The lowest BCUT2D eigenvalue weighted by Crippen LogP contribution is -2.25. The van der Waals surface area contributed by atoms with Gasteiger partial charge in [0.05, 0.1) is 23.1 Å². The Balaban J connectivity index is 1.96. The summed E-state index contributed by atoms with van der Waals surface area (Å²) >= 11 is 0. The molecule has 0 bridgehead atoms. The van der Waals surface area contributed by atoms with Crippen molar-refractivity contribution in [1.29, 1.82) is 5.26 Å². The minimum Gasteiger partial charge on any atom is -0.431 e. The number of fused-ring (bicyclic) bond motifs is 2. The van der Waals surface area contributed by atoms with Crippen LogP contribution < -0.4 is 4.74 Å². The van der Waals surface area contributed by atoms with E-state index in [1.165, 1.54) is 6.07 Å². The van der Waals surface area contributed by atoms with Crippen molar-refractivity contribution in [3.05, 3.63) is 63.5 Å². The molecule has 0 spiro atoms. The van der Waals surface area contributed by atoms with Crippen LogP contribution in [0.1, 0.15) is 65.0 Å². The van der Waals surface area contributed by atoms with Crippen LogP contribution >= 0.6 is 0 Å². The fourth-order valence-corrected chi connectivity index (χ4v) is 4.41. The van der Waals surface area contributed by atoms with E-state index in [0.29, 0.717) is 30.4 Å². The third-order valence-electron chi connectivity index (χ3n) is 5.72. The number of hydrogen-bond acceptors (Lipinski definition) is 2. The van der Waals surface area contributed by atoms with E-state index in [2.05, 4.69) is 0 Å². The van der Waals surface area contributed by atoms with Crippen molar-refractivity contribution >= 4 is 0 Å².